The third-order valence-corrected chi connectivity index (χ3v) is 3.79. The highest BCUT2D eigenvalue weighted by Crippen LogP contribution is 2.28. The van der Waals surface area contributed by atoms with Crippen molar-refractivity contribution in [3.05, 3.63) is 11.8 Å². The molecule has 2 unspecified atom stereocenters. The molecular formula is C12H20N3. The number of nitrogens with zero attached hydrogens (tertiary/aromatic N) is 2. The van der Waals surface area contributed by atoms with E-state index >= 15 is 0 Å². The maximum Gasteiger partial charge on any atom is 0.0952 e. The molecule has 0 aromatic carbocycles. The highest BCUT2D eigenvalue weighted by molar-refractivity contribution is 5.17. The Morgan fingerprint density at radius 1 is 1.33 bits per heavy atom. The Morgan fingerprint density at radius 2 is 2.33 bits per heavy atom. The van der Waals surface area contributed by atoms with Gasteiger partial charge in [0.1, 0.15) is 0 Å². The molecule has 0 aliphatic carbocycles. The van der Waals surface area contributed by atoms with Crippen LogP contribution in [0.25, 0.3) is 0 Å². The molecular weight excluding hydrogens is 186 g/mol. The molecule has 1 radical (unpaired) electrons. The molecule has 3 aliphatic heterocycles. The van der Waals surface area contributed by atoms with Gasteiger partial charge in [0.05, 0.1) is 6.17 Å². The standard InChI is InChI=1S/C12H20N3/c1-4-10(13-7-1)11-5-3-9-15(11)12-6-2-8-14-12/h5,10,12-13H,1-4,6-9H2. The average molecular weight is 206 g/mol. The first-order valence-corrected chi connectivity index (χ1v) is 6.32. The largest absolute Gasteiger partial charge is 0.357 e. The van der Waals surface area contributed by atoms with Crippen LogP contribution in [0.4, 0.5) is 0 Å². The van der Waals surface area contributed by atoms with Crippen molar-refractivity contribution in [2.24, 2.45) is 0 Å². The summed E-state index contributed by atoms with van der Waals surface area (Å²) in [4.78, 5) is 2.55. The molecule has 0 aromatic heterocycles. The fourth-order valence-corrected chi connectivity index (χ4v) is 3.06. The summed E-state index contributed by atoms with van der Waals surface area (Å²) in [6, 6.07) is 0.628. The van der Waals surface area contributed by atoms with Crippen LogP contribution >= 0.6 is 0 Å². The van der Waals surface area contributed by atoms with Crippen molar-refractivity contribution in [3.63, 3.8) is 0 Å². The van der Waals surface area contributed by atoms with Crippen molar-refractivity contribution >= 4 is 0 Å². The van der Waals surface area contributed by atoms with Gasteiger partial charge in [0, 0.05) is 24.8 Å². The van der Waals surface area contributed by atoms with Crippen molar-refractivity contribution in [2.75, 3.05) is 19.6 Å². The summed E-state index contributed by atoms with van der Waals surface area (Å²) in [5.41, 5.74) is 1.54. The average Bonchev–Trinajstić information content (AvgIpc) is 3.01. The molecule has 0 saturated carbocycles. The third kappa shape index (κ3) is 1.79. The van der Waals surface area contributed by atoms with Crippen LogP contribution in [0.3, 0.4) is 0 Å². The summed E-state index contributed by atoms with van der Waals surface area (Å²) in [6.45, 7) is 3.46. The maximum absolute atomic E-state index is 4.70. The van der Waals surface area contributed by atoms with Crippen LogP contribution < -0.4 is 10.6 Å². The molecule has 0 aromatic rings. The lowest BCUT2D eigenvalue weighted by molar-refractivity contribution is 0.235. The van der Waals surface area contributed by atoms with Crippen molar-refractivity contribution in [1.82, 2.24) is 15.5 Å². The van der Waals surface area contributed by atoms with Gasteiger partial charge in [-0.2, -0.15) is 0 Å². The molecule has 2 fully saturated rings. The van der Waals surface area contributed by atoms with Gasteiger partial charge in [-0.3, -0.25) is 0 Å². The Balaban J connectivity index is 1.70. The zero-order chi connectivity index (χ0) is 10.1. The first-order chi connectivity index (χ1) is 7.45. The van der Waals surface area contributed by atoms with Gasteiger partial charge in [-0.15, -0.1) is 0 Å². The van der Waals surface area contributed by atoms with E-state index in [9.17, 15) is 0 Å². The zero-order valence-corrected chi connectivity index (χ0v) is 9.28. The molecule has 83 valence electrons. The van der Waals surface area contributed by atoms with E-state index < -0.39 is 0 Å². The number of hydrogen-bond donors (Lipinski definition) is 1. The second-order valence-corrected chi connectivity index (χ2v) is 4.79. The predicted octanol–water partition coefficient (Wildman–Crippen LogP) is 1.05. The number of nitrogens with one attached hydrogen (secondary N) is 1. The quantitative estimate of drug-likeness (QED) is 0.732. The molecule has 0 bridgehead atoms. The van der Waals surface area contributed by atoms with E-state index in [-0.39, 0.29) is 0 Å². The normalized spacial score (nSPS) is 36.3. The van der Waals surface area contributed by atoms with Crippen molar-refractivity contribution in [1.29, 1.82) is 0 Å². The van der Waals surface area contributed by atoms with Crippen molar-refractivity contribution < 1.29 is 0 Å². The lowest BCUT2D eigenvalue weighted by atomic mass is 10.1. The fourth-order valence-electron chi connectivity index (χ4n) is 3.06. The number of hydrogen-bond acceptors (Lipinski definition) is 2. The lowest BCUT2D eigenvalue weighted by Crippen LogP contribution is -2.41. The summed E-state index contributed by atoms with van der Waals surface area (Å²) in [5.74, 6) is 0. The molecule has 2 saturated heterocycles. The molecule has 3 heteroatoms. The van der Waals surface area contributed by atoms with E-state index in [1.54, 1.807) is 5.70 Å². The molecule has 3 heterocycles. The van der Waals surface area contributed by atoms with E-state index in [0.717, 1.165) is 6.54 Å². The fraction of sp³-hybridized carbons (Fsp3) is 0.833. The van der Waals surface area contributed by atoms with E-state index in [0.29, 0.717) is 12.2 Å². The van der Waals surface area contributed by atoms with E-state index in [1.165, 1.54) is 45.2 Å². The molecule has 1 N–H and O–H groups in total. The van der Waals surface area contributed by atoms with Gasteiger partial charge >= 0.3 is 0 Å². The summed E-state index contributed by atoms with van der Waals surface area (Å²) in [7, 11) is 0. The first-order valence-electron chi connectivity index (χ1n) is 6.32. The monoisotopic (exact) mass is 206 g/mol. The SMILES string of the molecule is C1=C(C2CCCN2)N(C2CCC[N]2)CC1. The first kappa shape index (κ1) is 9.67. The molecule has 3 aliphatic rings. The predicted molar refractivity (Wildman–Crippen MR) is 60.5 cm³/mol. The Labute approximate surface area is 91.9 Å². The van der Waals surface area contributed by atoms with Gasteiger partial charge in [0.2, 0.25) is 0 Å². The Bertz CT molecular complexity index is 250. The van der Waals surface area contributed by atoms with Gasteiger partial charge in [-0.05, 0) is 38.6 Å². The number of rotatable bonds is 2. The Hall–Kier alpha value is -0.540. The van der Waals surface area contributed by atoms with Crippen molar-refractivity contribution in [3.8, 4) is 0 Å². The van der Waals surface area contributed by atoms with Gasteiger partial charge in [-0.1, -0.05) is 6.08 Å². The lowest BCUT2D eigenvalue weighted by Gasteiger charge is -2.31. The smallest absolute Gasteiger partial charge is 0.0952 e. The zero-order valence-electron chi connectivity index (χ0n) is 9.28. The van der Waals surface area contributed by atoms with E-state index in [2.05, 4.69) is 16.3 Å². The molecule has 3 rings (SSSR count). The van der Waals surface area contributed by atoms with Gasteiger partial charge < -0.3 is 10.2 Å². The second-order valence-electron chi connectivity index (χ2n) is 4.79. The van der Waals surface area contributed by atoms with Crippen LogP contribution in [0.15, 0.2) is 11.8 Å². The van der Waals surface area contributed by atoms with Crippen LogP contribution in [-0.4, -0.2) is 36.7 Å². The molecule has 15 heavy (non-hydrogen) atoms. The Kier molecular flexibility index (Phi) is 2.67. The molecule has 0 spiro atoms. The minimum absolute atomic E-state index is 0.501. The maximum atomic E-state index is 4.70. The minimum atomic E-state index is 0.501. The highest BCUT2D eigenvalue weighted by atomic mass is 15.3. The molecule has 3 nitrogen and oxygen atoms in total. The van der Waals surface area contributed by atoms with Crippen LogP contribution in [-0.2, 0) is 0 Å². The van der Waals surface area contributed by atoms with E-state index in [1.807, 2.05) is 0 Å². The van der Waals surface area contributed by atoms with E-state index in [4.69, 9.17) is 5.32 Å². The molecule has 0 amide bonds. The van der Waals surface area contributed by atoms with Gasteiger partial charge in [0.15, 0.2) is 0 Å². The van der Waals surface area contributed by atoms with Crippen LogP contribution in [0.1, 0.15) is 32.1 Å². The van der Waals surface area contributed by atoms with Crippen LogP contribution in [0, 0.1) is 0 Å². The Morgan fingerprint density at radius 3 is 3.07 bits per heavy atom. The third-order valence-electron chi connectivity index (χ3n) is 3.79. The summed E-state index contributed by atoms with van der Waals surface area (Å²) >= 11 is 0. The van der Waals surface area contributed by atoms with Gasteiger partial charge in [-0.25, -0.2) is 5.32 Å². The van der Waals surface area contributed by atoms with Crippen LogP contribution in [0.2, 0.25) is 0 Å². The molecule has 2 atom stereocenters. The van der Waals surface area contributed by atoms with Gasteiger partial charge in [0.25, 0.3) is 0 Å². The summed E-state index contributed by atoms with van der Waals surface area (Å²) in [5, 5.41) is 8.30. The summed E-state index contributed by atoms with van der Waals surface area (Å²) < 4.78 is 0. The summed E-state index contributed by atoms with van der Waals surface area (Å²) in [6.07, 6.45) is 9.35. The second kappa shape index (κ2) is 4.14. The van der Waals surface area contributed by atoms with Crippen molar-refractivity contribution in [2.45, 2.75) is 44.3 Å². The van der Waals surface area contributed by atoms with Crippen LogP contribution in [0.5, 0.6) is 0 Å². The highest BCUT2D eigenvalue weighted by Gasteiger charge is 2.31. The topological polar surface area (TPSA) is 29.4 Å². The minimum Gasteiger partial charge on any atom is -0.357 e.